The Morgan fingerprint density at radius 3 is 2.17 bits per heavy atom. The minimum atomic E-state index is -4.46. The van der Waals surface area contributed by atoms with Crippen molar-refractivity contribution in [3.05, 3.63) is 54.1 Å². The summed E-state index contributed by atoms with van der Waals surface area (Å²) in [5, 5.41) is 0. The van der Waals surface area contributed by atoms with Crippen LogP contribution in [0.3, 0.4) is 0 Å². The Kier molecular flexibility index (Phi) is 10.9. The van der Waals surface area contributed by atoms with Gasteiger partial charge in [-0.1, -0.05) is 82.3 Å². The second kappa shape index (κ2) is 13.9. The number of rotatable bonds is 14. The molecule has 1 heterocycles. The van der Waals surface area contributed by atoms with E-state index in [-0.39, 0.29) is 12.5 Å². The molecule has 0 spiro atoms. The molecule has 0 amide bonds. The topological polar surface area (TPSA) is 27.7 Å². The number of ether oxygens (including phenoxy) is 3. The highest BCUT2D eigenvalue weighted by Gasteiger charge is 2.50. The van der Waals surface area contributed by atoms with E-state index in [0.717, 1.165) is 49.2 Å². The van der Waals surface area contributed by atoms with Crippen LogP contribution in [-0.4, -0.2) is 31.6 Å². The second-order valence-electron chi connectivity index (χ2n) is 9.43. The van der Waals surface area contributed by atoms with Crippen molar-refractivity contribution in [3.63, 3.8) is 0 Å². The number of alkyl halides is 3. The van der Waals surface area contributed by atoms with E-state index in [1.807, 2.05) is 55.5 Å². The molecule has 1 aliphatic rings. The molecular formula is C29H39F3O3. The molecule has 0 radical (unpaired) electrons. The molecule has 35 heavy (non-hydrogen) atoms. The van der Waals surface area contributed by atoms with Gasteiger partial charge in [0.25, 0.3) is 0 Å². The van der Waals surface area contributed by atoms with Crippen molar-refractivity contribution in [1.29, 1.82) is 0 Å². The fraction of sp³-hybridized carbons (Fsp3) is 0.586. The summed E-state index contributed by atoms with van der Waals surface area (Å²) >= 11 is 0. The molecule has 2 aromatic carbocycles. The first-order valence-electron chi connectivity index (χ1n) is 13.0. The number of unbranched alkanes of at least 4 members (excludes halogenated alkanes) is 4. The summed E-state index contributed by atoms with van der Waals surface area (Å²) in [6, 6.07) is 15.4. The van der Waals surface area contributed by atoms with Crippen LogP contribution in [-0.2, 0) is 16.1 Å². The van der Waals surface area contributed by atoms with E-state index in [1.165, 1.54) is 19.3 Å². The fourth-order valence-corrected chi connectivity index (χ4v) is 4.58. The molecule has 2 aromatic rings. The molecule has 0 saturated carbocycles. The van der Waals surface area contributed by atoms with Crippen LogP contribution < -0.4 is 4.74 Å². The van der Waals surface area contributed by atoms with Crippen LogP contribution in [0, 0.1) is 5.92 Å². The van der Waals surface area contributed by atoms with Gasteiger partial charge in [0.1, 0.15) is 5.75 Å². The SMILES string of the molecule is CCCCCCOc1ccc(-c2ccc(CO[C@H]([C@@H]3OCC[C@H]3CCCC)C(F)(F)F)cc2)cc1. The highest BCUT2D eigenvalue weighted by Crippen LogP contribution is 2.37. The molecular weight excluding hydrogens is 453 g/mol. The Bertz CT molecular complexity index is 849. The van der Waals surface area contributed by atoms with Gasteiger partial charge >= 0.3 is 6.18 Å². The van der Waals surface area contributed by atoms with Crippen LogP contribution in [0.15, 0.2) is 48.5 Å². The van der Waals surface area contributed by atoms with Crippen LogP contribution in [0.2, 0.25) is 0 Å². The lowest BCUT2D eigenvalue weighted by molar-refractivity contribution is -0.255. The molecule has 0 bridgehead atoms. The second-order valence-corrected chi connectivity index (χ2v) is 9.43. The van der Waals surface area contributed by atoms with Gasteiger partial charge in [0, 0.05) is 6.61 Å². The highest BCUT2D eigenvalue weighted by atomic mass is 19.4. The van der Waals surface area contributed by atoms with Crippen molar-refractivity contribution in [2.45, 2.75) is 90.2 Å². The molecule has 0 unspecified atom stereocenters. The maximum Gasteiger partial charge on any atom is 0.417 e. The highest BCUT2D eigenvalue weighted by molar-refractivity contribution is 5.64. The van der Waals surface area contributed by atoms with Gasteiger partial charge in [-0.15, -0.1) is 0 Å². The number of hydrogen-bond acceptors (Lipinski definition) is 3. The lowest BCUT2D eigenvalue weighted by atomic mass is 9.91. The largest absolute Gasteiger partial charge is 0.494 e. The number of hydrogen-bond donors (Lipinski definition) is 0. The van der Waals surface area contributed by atoms with Gasteiger partial charge in [-0.2, -0.15) is 13.2 Å². The van der Waals surface area contributed by atoms with Crippen molar-refractivity contribution in [2.75, 3.05) is 13.2 Å². The van der Waals surface area contributed by atoms with Crippen molar-refractivity contribution in [2.24, 2.45) is 5.92 Å². The maximum absolute atomic E-state index is 13.8. The Labute approximate surface area is 208 Å². The van der Waals surface area contributed by atoms with E-state index in [9.17, 15) is 13.2 Å². The molecule has 0 aromatic heterocycles. The predicted molar refractivity (Wildman–Crippen MR) is 134 cm³/mol. The smallest absolute Gasteiger partial charge is 0.417 e. The van der Waals surface area contributed by atoms with Crippen LogP contribution in [0.1, 0.15) is 70.8 Å². The summed E-state index contributed by atoms with van der Waals surface area (Å²) in [6.45, 7) is 5.22. The first kappa shape index (κ1) is 27.5. The van der Waals surface area contributed by atoms with E-state index in [4.69, 9.17) is 14.2 Å². The first-order valence-corrected chi connectivity index (χ1v) is 13.0. The van der Waals surface area contributed by atoms with Gasteiger partial charge in [-0.25, -0.2) is 0 Å². The monoisotopic (exact) mass is 492 g/mol. The summed E-state index contributed by atoms with van der Waals surface area (Å²) in [4.78, 5) is 0. The molecule has 1 aliphatic heterocycles. The van der Waals surface area contributed by atoms with Crippen molar-refractivity contribution >= 4 is 0 Å². The van der Waals surface area contributed by atoms with Crippen molar-refractivity contribution in [3.8, 4) is 16.9 Å². The predicted octanol–water partition coefficient (Wildman–Crippen LogP) is 8.36. The Balaban J connectivity index is 1.55. The van der Waals surface area contributed by atoms with Gasteiger partial charge < -0.3 is 14.2 Å². The quantitative estimate of drug-likeness (QED) is 0.248. The van der Waals surface area contributed by atoms with E-state index < -0.39 is 18.4 Å². The average Bonchev–Trinajstić information content (AvgIpc) is 3.30. The molecule has 1 saturated heterocycles. The van der Waals surface area contributed by atoms with Crippen LogP contribution in [0.25, 0.3) is 11.1 Å². The van der Waals surface area contributed by atoms with E-state index in [2.05, 4.69) is 6.92 Å². The molecule has 1 fully saturated rings. The summed E-state index contributed by atoms with van der Waals surface area (Å²) in [6.07, 6.45) is 0.665. The lowest BCUT2D eigenvalue weighted by Gasteiger charge is -2.29. The zero-order chi connectivity index (χ0) is 25.1. The molecule has 3 nitrogen and oxygen atoms in total. The lowest BCUT2D eigenvalue weighted by Crippen LogP contribution is -2.44. The normalized spacial score (nSPS) is 19.1. The van der Waals surface area contributed by atoms with E-state index >= 15 is 0 Å². The third-order valence-corrected chi connectivity index (χ3v) is 6.65. The average molecular weight is 493 g/mol. The summed E-state index contributed by atoms with van der Waals surface area (Å²) in [7, 11) is 0. The zero-order valence-corrected chi connectivity index (χ0v) is 21.0. The Hall–Kier alpha value is -2.05. The van der Waals surface area contributed by atoms with Crippen LogP contribution in [0.5, 0.6) is 5.75 Å². The van der Waals surface area contributed by atoms with Crippen molar-refractivity contribution < 1.29 is 27.4 Å². The van der Waals surface area contributed by atoms with Gasteiger partial charge in [0.15, 0.2) is 6.10 Å². The minimum absolute atomic E-state index is 0.102. The standard InChI is InChI=1S/C29H39F3O3/c1-3-5-7-8-19-33-26-16-14-24(15-17-26)23-12-10-22(11-13-23)21-35-28(29(30,31)32)27-25(9-6-4-2)18-20-34-27/h10-17,25,27-28H,3-9,18-21H2,1-2H3/t25-,27-,28-/m1/s1. The molecule has 194 valence electrons. The summed E-state index contributed by atoms with van der Waals surface area (Å²) in [5.74, 6) is 0.743. The molecule has 0 aliphatic carbocycles. The molecule has 3 atom stereocenters. The van der Waals surface area contributed by atoms with E-state index in [0.29, 0.717) is 18.6 Å². The first-order chi connectivity index (χ1) is 16.9. The minimum Gasteiger partial charge on any atom is -0.494 e. The van der Waals surface area contributed by atoms with Gasteiger partial charge in [-0.3, -0.25) is 0 Å². The Morgan fingerprint density at radius 1 is 0.886 bits per heavy atom. The van der Waals surface area contributed by atoms with Crippen LogP contribution >= 0.6 is 0 Å². The van der Waals surface area contributed by atoms with Gasteiger partial charge in [-0.05, 0) is 54.0 Å². The number of halogens is 3. The van der Waals surface area contributed by atoms with Gasteiger partial charge in [0.2, 0.25) is 0 Å². The fourth-order valence-electron chi connectivity index (χ4n) is 4.58. The maximum atomic E-state index is 13.8. The summed E-state index contributed by atoms with van der Waals surface area (Å²) < 4.78 is 58.2. The zero-order valence-electron chi connectivity index (χ0n) is 21.0. The third-order valence-electron chi connectivity index (χ3n) is 6.65. The van der Waals surface area contributed by atoms with Crippen LogP contribution in [0.4, 0.5) is 13.2 Å². The molecule has 3 rings (SSSR count). The van der Waals surface area contributed by atoms with E-state index in [1.54, 1.807) is 0 Å². The van der Waals surface area contributed by atoms with Gasteiger partial charge in [0.05, 0.1) is 19.3 Å². The molecule has 6 heteroatoms. The Morgan fingerprint density at radius 2 is 1.54 bits per heavy atom. The summed E-state index contributed by atoms with van der Waals surface area (Å²) in [5.41, 5.74) is 2.73. The molecule has 0 N–H and O–H groups in total. The number of benzene rings is 2. The van der Waals surface area contributed by atoms with Crippen molar-refractivity contribution in [1.82, 2.24) is 0 Å². The third kappa shape index (κ3) is 8.53.